The highest BCUT2D eigenvalue weighted by molar-refractivity contribution is 5.95. The van der Waals surface area contributed by atoms with Crippen molar-refractivity contribution >= 4 is 12.0 Å². The monoisotopic (exact) mass is 422 g/mol. The number of nitrogens with one attached hydrogen (secondary N) is 2. The first kappa shape index (κ1) is 22.9. The van der Waals surface area contributed by atoms with Crippen LogP contribution in [-0.4, -0.2) is 29.7 Å². The second kappa shape index (κ2) is 8.54. The van der Waals surface area contributed by atoms with Gasteiger partial charge in [0.15, 0.2) is 0 Å². The molecule has 29 heavy (non-hydrogen) atoms. The zero-order valence-corrected chi connectivity index (χ0v) is 16.3. The van der Waals surface area contributed by atoms with Gasteiger partial charge in [-0.05, 0) is 58.6 Å². The van der Waals surface area contributed by atoms with Crippen molar-refractivity contribution in [2.24, 2.45) is 0 Å². The second-order valence-electron chi connectivity index (χ2n) is 7.99. The number of alkyl carbamates (subject to hydrolysis) is 1. The van der Waals surface area contributed by atoms with E-state index in [1.165, 1.54) is 0 Å². The highest BCUT2D eigenvalue weighted by Gasteiger charge is 2.34. The van der Waals surface area contributed by atoms with Gasteiger partial charge in [0.1, 0.15) is 22.8 Å². The standard InChI is InChI=1S/C19H23F5N2O3/c1-18(2,3)29-17(28)26-12-6-4-5-11(9-12)25-16(27)15-13(20)7-10(8-14(15)21)19(22,23)24/h7-8,11-12H,4-6,9H2,1-3H3,(H,25,27)(H,26,28)/t11-,12-/m1/s1. The van der Waals surface area contributed by atoms with E-state index < -0.39 is 52.6 Å². The molecule has 1 saturated carbocycles. The van der Waals surface area contributed by atoms with Gasteiger partial charge in [-0.3, -0.25) is 4.79 Å². The minimum atomic E-state index is -4.93. The van der Waals surface area contributed by atoms with Crippen LogP contribution in [0.25, 0.3) is 0 Å². The molecule has 1 aromatic rings. The molecule has 2 amide bonds. The minimum absolute atomic E-state index is 0.0890. The average Bonchev–Trinajstić information content (AvgIpc) is 2.51. The summed E-state index contributed by atoms with van der Waals surface area (Å²) in [6.45, 7) is 5.14. The van der Waals surface area contributed by atoms with E-state index in [2.05, 4.69) is 10.6 Å². The van der Waals surface area contributed by atoms with Crippen molar-refractivity contribution in [2.75, 3.05) is 0 Å². The van der Waals surface area contributed by atoms with Crippen molar-refractivity contribution in [2.45, 2.75) is 70.3 Å². The van der Waals surface area contributed by atoms with E-state index >= 15 is 0 Å². The Labute approximate surface area is 165 Å². The third kappa shape index (κ3) is 6.57. The Morgan fingerprint density at radius 3 is 2.00 bits per heavy atom. The van der Waals surface area contributed by atoms with E-state index in [1.54, 1.807) is 20.8 Å². The van der Waals surface area contributed by atoms with Crippen molar-refractivity contribution in [3.8, 4) is 0 Å². The Morgan fingerprint density at radius 2 is 1.52 bits per heavy atom. The molecule has 0 saturated heterocycles. The molecule has 162 valence electrons. The van der Waals surface area contributed by atoms with Gasteiger partial charge in [0.05, 0.1) is 5.56 Å². The molecule has 0 bridgehead atoms. The second-order valence-corrected chi connectivity index (χ2v) is 7.99. The van der Waals surface area contributed by atoms with Crippen LogP contribution in [0.5, 0.6) is 0 Å². The molecule has 0 unspecified atom stereocenters. The van der Waals surface area contributed by atoms with E-state index in [4.69, 9.17) is 4.74 Å². The predicted octanol–water partition coefficient (Wildman–Crippen LogP) is 4.55. The molecule has 0 aromatic heterocycles. The van der Waals surface area contributed by atoms with Crippen molar-refractivity contribution < 1.29 is 36.3 Å². The number of alkyl halides is 3. The summed E-state index contributed by atoms with van der Waals surface area (Å²) in [4.78, 5) is 24.1. The van der Waals surface area contributed by atoms with E-state index in [0.717, 1.165) is 0 Å². The maximum absolute atomic E-state index is 14.0. The van der Waals surface area contributed by atoms with Gasteiger partial charge in [0, 0.05) is 12.1 Å². The summed E-state index contributed by atoms with van der Waals surface area (Å²) in [7, 11) is 0. The minimum Gasteiger partial charge on any atom is -0.444 e. The summed E-state index contributed by atoms with van der Waals surface area (Å²) >= 11 is 0. The van der Waals surface area contributed by atoms with E-state index in [9.17, 15) is 31.5 Å². The summed E-state index contributed by atoms with van der Waals surface area (Å²) in [5.41, 5.74) is -3.26. The van der Waals surface area contributed by atoms with Crippen LogP contribution in [0, 0.1) is 11.6 Å². The van der Waals surface area contributed by atoms with Crippen LogP contribution < -0.4 is 10.6 Å². The average molecular weight is 422 g/mol. The van der Waals surface area contributed by atoms with Gasteiger partial charge in [-0.1, -0.05) is 0 Å². The number of rotatable bonds is 3. The Kier molecular flexibility index (Phi) is 6.74. The zero-order valence-electron chi connectivity index (χ0n) is 16.3. The van der Waals surface area contributed by atoms with E-state index in [1.807, 2.05) is 0 Å². The van der Waals surface area contributed by atoms with Crippen LogP contribution in [0.2, 0.25) is 0 Å². The highest BCUT2D eigenvalue weighted by Crippen LogP contribution is 2.31. The van der Waals surface area contributed by atoms with Gasteiger partial charge < -0.3 is 15.4 Å². The molecule has 2 N–H and O–H groups in total. The van der Waals surface area contributed by atoms with Gasteiger partial charge in [-0.2, -0.15) is 13.2 Å². The van der Waals surface area contributed by atoms with Crippen molar-refractivity contribution in [3.05, 3.63) is 34.9 Å². The molecular weight excluding hydrogens is 399 g/mol. The van der Waals surface area contributed by atoms with Crippen molar-refractivity contribution in [3.63, 3.8) is 0 Å². The quantitative estimate of drug-likeness (QED) is 0.703. The SMILES string of the molecule is CC(C)(C)OC(=O)N[C@@H]1CCC[C@@H](NC(=O)c2c(F)cc(C(F)(F)F)cc2F)C1. The predicted molar refractivity (Wildman–Crippen MR) is 94.2 cm³/mol. The molecule has 1 aliphatic carbocycles. The van der Waals surface area contributed by atoms with Crippen LogP contribution in [0.4, 0.5) is 26.7 Å². The first-order valence-electron chi connectivity index (χ1n) is 9.13. The molecule has 1 aromatic carbocycles. The molecule has 5 nitrogen and oxygen atoms in total. The number of carbonyl (C=O) groups is 2. The fourth-order valence-corrected chi connectivity index (χ4v) is 3.14. The smallest absolute Gasteiger partial charge is 0.416 e. The zero-order chi connectivity index (χ0) is 22.0. The summed E-state index contributed by atoms with van der Waals surface area (Å²) in [5, 5.41) is 5.11. The molecular formula is C19H23F5N2O3. The van der Waals surface area contributed by atoms with Gasteiger partial charge in [-0.25, -0.2) is 13.6 Å². The summed E-state index contributed by atoms with van der Waals surface area (Å²) in [5.74, 6) is -4.32. The first-order valence-corrected chi connectivity index (χ1v) is 9.13. The van der Waals surface area contributed by atoms with Gasteiger partial charge in [0.25, 0.3) is 5.91 Å². The number of ether oxygens (including phenoxy) is 1. The third-order valence-electron chi connectivity index (χ3n) is 4.33. The Morgan fingerprint density at radius 1 is 1.00 bits per heavy atom. The number of benzene rings is 1. The highest BCUT2D eigenvalue weighted by atomic mass is 19.4. The lowest BCUT2D eigenvalue weighted by Crippen LogP contribution is -2.47. The molecule has 2 atom stereocenters. The van der Waals surface area contributed by atoms with Crippen LogP contribution in [-0.2, 0) is 10.9 Å². The third-order valence-corrected chi connectivity index (χ3v) is 4.33. The Bertz CT molecular complexity index is 751. The van der Waals surface area contributed by atoms with Gasteiger partial charge in [0.2, 0.25) is 0 Å². The van der Waals surface area contributed by atoms with Crippen molar-refractivity contribution in [1.29, 1.82) is 0 Å². The number of halogens is 5. The summed E-state index contributed by atoms with van der Waals surface area (Å²) < 4.78 is 71.0. The molecule has 0 aliphatic heterocycles. The topological polar surface area (TPSA) is 67.4 Å². The molecule has 10 heteroatoms. The van der Waals surface area contributed by atoms with Crippen LogP contribution in [0.1, 0.15) is 62.4 Å². The molecule has 1 aliphatic rings. The summed E-state index contributed by atoms with van der Waals surface area (Å²) in [6.07, 6.45) is -3.48. The fraction of sp³-hybridized carbons (Fsp3) is 0.579. The van der Waals surface area contributed by atoms with E-state index in [0.29, 0.717) is 25.7 Å². The Balaban J connectivity index is 2.03. The normalized spacial score (nSPS) is 20.1. The van der Waals surface area contributed by atoms with Crippen LogP contribution in [0.3, 0.4) is 0 Å². The maximum atomic E-state index is 14.0. The lowest BCUT2D eigenvalue weighted by molar-refractivity contribution is -0.138. The molecule has 0 spiro atoms. The fourth-order valence-electron chi connectivity index (χ4n) is 3.14. The van der Waals surface area contributed by atoms with Crippen molar-refractivity contribution in [1.82, 2.24) is 10.6 Å². The maximum Gasteiger partial charge on any atom is 0.416 e. The summed E-state index contributed by atoms with van der Waals surface area (Å²) in [6, 6.07) is -0.638. The van der Waals surface area contributed by atoms with Gasteiger partial charge >= 0.3 is 12.3 Å². The van der Waals surface area contributed by atoms with Crippen LogP contribution in [0.15, 0.2) is 12.1 Å². The number of carbonyl (C=O) groups excluding carboxylic acids is 2. The number of hydrogen-bond donors (Lipinski definition) is 2. The Hall–Kier alpha value is -2.39. The number of amides is 2. The lowest BCUT2D eigenvalue weighted by atomic mass is 9.91. The lowest BCUT2D eigenvalue weighted by Gasteiger charge is -2.31. The molecule has 1 fully saturated rings. The largest absolute Gasteiger partial charge is 0.444 e. The number of hydrogen-bond acceptors (Lipinski definition) is 3. The van der Waals surface area contributed by atoms with E-state index in [-0.39, 0.29) is 18.2 Å². The molecule has 2 rings (SSSR count). The van der Waals surface area contributed by atoms with Gasteiger partial charge in [-0.15, -0.1) is 0 Å². The molecule has 0 radical (unpaired) electrons. The first-order chi connectivity index (χ1) is 13.3. The molecule has 0 heterocycles. The van der Waals surface area contributed by atoms with Crippen LogP contribution >= 0.6 is 0 Å².